The number of rotatable bonds is 3. The van der Waals surface area contributed by atoms with Gasteiger partial charge in [-0.2, -0.15) is 5.10 Å². The third-order valence-electron chi connectivity index (χ3n) is 3.43. The summed E-state index contributed by atoms with van der Waals surface area (Å²) < 4.78 is 11.4. The van der Waals surface area contributed by atoms with Gasteiger partial charge in [0.05, 0.1) is 28.9 Å². The molecule has 3 rings (SSSR count). The Morgan fingerprint density at radius 3 is 2.87 bits per heavy atom. The second kappa shape index (κ2) is 5.48. The number of aromatic nitrogens is 2. The molecule has 118 valence electrons. The molecule has 1 aliphatic rings. The fourth-order valence-electron chi connectivity index (χ4n) is 2.40. The Labute approximate surface area is 130 Å². The minimum atomic E-state index is -0.717. The highest BCUT2D eigenvalue weighted by atomic mass is 16.5. The normalized spacial score (nSPS) is 12.8. The third kappa shape index (κ3) is 2.39. The number of carbonyl (C=O) groups excluding carboxylic acids is 2. The fourth-order valence-corrected chi connectivity index (χ4v) is 2.40. The van der Waals surface area contributed by atoms with E-state index in [1.54, 1.807) is 30.3 Å². The monoisotopic (exact) mass is 314 g/mol. The summed E-state index contributed by atoms with van der Waals surface area (Å²) in [5, 5.41) is 5.16. The molecule has 0 atom stereocenters. The first kappa shape index (κ1) is 14.6. The van der Waals surface area contributed by atoms with E-state index in [0.717, 1.165) is 0 Å². The molecule has 23 heavy (non-hydrogen) atoms. The van der Waals surface area contributed by atoms with E-state index in [1.165, 1.54) is 11.8 Å². The maximum Gasteiger partial charge on any atom is 0.337 e. The van der Waals surface area contributed by atoms with Crippen LogP contribution in [-0.2, 0) is 9.47 Å². The van der Waals surface area contributed by atoms with Crippen molar-refractivity contribution in [1.29, 1.82) is 0 Å². The van der Waals surface area contributed by atoms with Crippen LogP contribution in [0.5, 0.6) is 0 Å². The first-order chi connectivity index (χ1) is 11.0. The van der Waals surface area contributed by atoms with Gasteiger partial charge in [-0.25, -0.2) is 9.48 Å². The highest BCUT2D eigenvalue weighted by molar-refractivity contribution is 5.92. The largest absolute Gasteiger partial charge is 0.474 e. The second-order valence-electron chi connectivity index (χ2n) is 4.81. The topological polar surface area (TPSA) is 122 Å². The molecule has 2 aromatic rings. The van der Waals surface area contributed by atoms with Crippen molar-refractivity contribution in [2.24, 2.45) is 11.5 Å². The highest BCUT2D eigenvalue weighted by Gasteiger charge is 2.19. The van der Waals surface area contributed by atoms with E-state index in [4.69, 9.17) is 20.9 Å². The molecule has 8 nitrogen and oxygen atoms in total. The van der Waals surface area contributed by atoms with Crippen molar-refractivity contribution in [3.05, 3.63) is 46.1 Å². The van der Waals surface area contributed by atoms with Crippen molar-refractivity contribution in [2.75, 3.05) is 13.7 Å². The molecule has 1 aliphatic heterocycles. The number of benzene rings is 1. The number of hydrogen-bond donors (Lipinski definition) is 2. The molecule has 0 bridgehead atoms. The number of fused-ring (bicyclic) bond motifs is 1. The van der Waals surface area contributed by atoms with Crippen LogP contribution in [0.2, 0.25) is 0 Å². The lowest BCUT2D eigenvalue weighted by molar-refractivity contribution is 0.0600. The molecular weight excluding hydrogens is 300 g/mol. The van der Waals surface area contributed by atoms with Crippen LogP contribution in [0.25, 0.3) is 17.6 Å². The predicted octanol–water partition coefficient (Wildman–Crippen LogP) is -1.41. The Morgan fingerprint density at radius 1 is 1.39 bits per heavy atom. The molecule has 1 aromatic carbocycles. The zero-order valence-corrected chi connectivity index (χ0v) is 12.3. The minimum absolute atomic E-state index is 0.0110. The second-order valence-corrected chi connectivity index (χ2v) is 4.81. The molecule has 0 aliphatic carbocycles. The van der Waals surface area contributed by atoms with Gasteiger partial charge in [0, 0.05) is 0 Å². The number of hydrogen-bond acceptors (Lipinski definition) is 6. The van der Waals surface area contributed by atoms with E-state index in [0.29, 0.717) is 21.8 Å². The van der Waals surface area contributed by atoms with Gasteiger partial charge in [-0.15, -0.1) is 0 Å². The molecule has 0 spiro atoms. The number of carbonyl (C=O) groups is 2. The molecule has 0 radical (unpaired) electrons. The van der Waals surface area contributed by atoms with Crippen LogP contribution in [0.1, 0.15) is 20.8 Å². The van der Waals surface area contributed by atoms with Gasteiger partial charge < -0.3 is 20.9 Å². The van der Waals surface area contributed by atoms with Gasteiger partial charge in [0.15, 0.2) is 11.6 Å². The average molecular weight is 314 g/mol. The molecule has 0 fully saturated rings. The summed E-state index contributed by atoms with van der Waals surface area (Å²) >= 11 is 0. The SMILES string of the molecule is COC(=O)c1cccc(-n2nc(C(N)=O)c3c2=CCOC=3N)c1. The van der Waals surface area contributed by atoms with Crippen LogP contribution in [0.15, 0.2) is 24.3 Å². The molecule has 4 N–H and O–H groups in total. The molecule has 0 saturated carbocycles. The van der Waals surface area contributed by atoms with Crippen molar-refractivity contribution < 1.29 is 19.1 Å². The summed E-state index contributed by atoms with van der Waals surface area (Å²) in [6.07, 6.45) is 1.73. The van der Waals surface area contributed by atoms with Gasteiger partial charge in [0.2, 0.25) is 0 Å². The lowest BCUT2D eigenvalue weighted by atomic mass is 10.2. The lowest BCUT2D eigenvalue weighted by Gasteiger charge is -2.08. The fraction of sp³-hybridized carbons (Fsp3) is 0.133. The van der Waals surface area contributed by atoms with Gasteiger partial charge in [-0.05, 0) is 24.3 Å². The van der Waals surface area contributed by atoms with Crippen LogP contribution >= 0.6 is 0 Å². The maximum absolute atomic E-state index is 11.7. The first-order valence-electron chi connectivity index (χ1n) is 6.73. The Bertz CT molecular complexity index is 929. The van der Waals surface area contributed by atoms with Crippen LogP contribution in [-0.4, -0.2) is 35.4 Å². The number of esters is 1. The van der Waals surface area contributed by atoms with Gasteiger partial charge in [-0.1, -0.05) is 6.07 Å². The summed E-state index contributed by atoms with van der Waals surface area (Å²) in [6.45, 7) is 0.249. The lowest BCUT2D eigenvalue weighted by Crippen LogP contribution is -2.39. The smallest absolute Gasteiger partial charge is 0.337 e. The van der Waals surface area contributed by atoms with Crippen molar-refractivity contribution in [1.82, 2.24) is 9.78 Å². The van der Waals surface area contributed by atoms with Crippen LogP contribution in [0, 0.1) is 0 Å². The number of methoxy groups -OCH3 is 1. The first-order valence-corrected chi connectivity index (χ1v) is 6.73. The van der Waals surface area contributed by atoms with E-state index < -0.39 is 11.9 Å². The number of ether oxygens (including phenoxy) is 2. The van der Waals surface area contributed by atoms with Gasteiger partial charge in [0.25, 0.3) is 5.91 Å². The number of primary amides is 1. The Hall–Kier alpha value is -3.29. The summed E-state index contributed by atoms with van der Waals surface area (Å²) in [6, 6.07) is 6.65. The Kier molecular flexibility index (Phi) is 3.49. The highest BCUT2D eigenvalue weighted by Crippen LogP contribution is 2.09. The summed E-state index contributed by atoms with van der Waals surface area (Å²) in [7, 11) is 1.30. The van der Waals surface area contributed by atoms with Crippen molar-refractivity contribution in [2.45, 2.75) is 0 Å². The van der Waals surface area contributed by atoms with E-state index in [-0.39, 0.29) is 18.2 Å². The van der Waals surface area contributed by atoms with E-state index in [2.05, 4.69) is 5.10 Å². The molecule has 2 heterocycles. The predicted molar refractivity (Wildman–Crippen MR) is 80.7 cm³/mol. The van der Waals surface area contributed by atoms with Crippen LogP contribution in [0.4, 0.5) is 0 Å². The molecule has 1 amide bonds. The molecule has 1 aromatic heterocycles. The summed E-state index contributed by atoms with van der Waals surface area (Å²) in [5.41, 5.74) is 12.1. The Balaban J connectivity index is 2.28. The van der Waals surface area contributed by atoms with Gasteiger partial charge >= 0.3 is 5.97 Å². The average Bonchev–Trinajstić information content (AvgIpc) is 2.95. The van der Waals surface area contributed by atoms with Crippen molar-refractivity contribution in [3.8, 4) is 5.69 Å². The minimum Gasteiger partial charge on any atom is -0.474 e. The van der Waals surface area contributed by atoms with Gasteiger partial charge in [0.1, 0.15) is 6.61 Å². The zero-order chi connectivity index (χ0) is 16.6. The Morgan fingerprint density at radius 2 is 2.17 bits per heavy atom. The van der Waals surface area contributed by atoms with E-state index in [9.17, 15) is 9.59 Å². The van der Waals surface area contributed by atoms with Gasteiger partial charge in [-0.3, -0.25) is 4.79 Å². The van der Waals surface area contributed by atoms with Crippen molar-refractivity contribution in [3.63, 3.8) is 0 Å². The standard InChI is InChI=1S/C15H14N4O4/c1-22-15(21)8-3-2-4-9(7-8)19-10-5-6-23-14(17)11(10)12(18-19)13(16)20/h2-5,7H,6,17H2,1H3,(H2,16,20). The van der Waals surface area contributed by atoms with Crippen LogP contribution in [0.3, 0.4) is 0 Å². The molecule has 0 saturated heterocycles. The van der Waals surface area contributed by atoms with Crippen LogP contribution < -0.4 is 22.0 Å². The summed E-state index contributed by atoms with van der Waals surface area (Å²) in [4.78, 5) is 23.3. The maximum atomic E-state index is 11.7. The molecule has 0 unspecified atom stereocenters. The molecular formula is C15H14N4O4. The third-order valence-corrected chi connectivity index (χ3v) is 3.43. The van der Waals surface area contributed by atoms with E-state index in [1.807, 2.05) is 0 Å². The number of nitrogens with zero attached hydrogens (tertiary/aromatic N) is 2. The van der Waals surface area contributed by atoms with Crippen molar-refractivity contribution >= 4 is 23.8 Å². The quantitative estimate of drug-likeness (QED) is 0.671. The van der Waals surface area contributed by atoms with E-state index >= 15 is 0 Å². The number of amides is 1. The number of nitrogens with two attached hydrogens (primary N) is 2. The zero-order valence-electron chi connectivity index (χ0n) is 12.3. The molecule has 8 heteroatoms. The summed E-state index contributed by atoms with van der Waals surface area (Å²) in [5.74, 6) is -1.10.